The van der Waals surface area contributed by atoms with E-state index in [4.69, 9.17) is 4.74 Å². The number of nitrogens with zero attached hydrogens (tertiary/aromatic N) is 1. The predicted molar refractivity (Wildman–Crippen MR) is 83.0 cm³/mol. The fourth-order valence-electron chi connectivity index (χ4n) is 2.50. The predicted octanol–water partition coefficient (Wildman–Crippen LogP) is 1.85. The molecule has 1 aliphatic heterocycles. The fourth-order valence-corrected chi connectivity index (χ4v) is 3.97. The monoisotopic (exact) mass is 312 g/mol. The second-order valence-corrected chi connectivity index (χ2v) is 7.54. The number of rotatable bonds is 5. The molecule has 1 saturated heterocycles. The summed E-state index contributed by atoms with van der Waals surface area (Å²) in [4.78, 5) is 0.335. The first-order chi connectivity index (χ1) is 9.93. The molecule has 0 aromatic heterocycles. The minimum Gasteiger partial charge on any atom is -0.491 e. The summed E-state index contributed by atoms with van der Waals surface area (Å²) in [5.74, 6) is 0.692. The summed E-state index contributed by atoms with van der Waals surface area (Å²) in [7, 11) is -1.47. The summed E-state index contributed by atoms with van der Waals surface area (Å²) in [6, 6.07) is 7.09. The molecule has 1 aromatic rings. The van der Waals surface area contributed by atoms with Crippen LogP contribution < -0.4 is 10.1 Å². The molecular weight excluding hydrogens is 288 g/mol. The van der Waals surface area contributed by atoms with Crippen molar-refractivity contribution in [2.45, 2.75) is 43.7 Å². The van der Waals surface area contributed by atoms with Gasteiger partial charge < -0.3 is 10.1 Å². The highest BCUT2D eigenvalue weighted by Crippen LogP contribution is 2.23. The van der Waals surface area contributed by atoms with Crippen molar-refractivity contribution < 1.29 is 13.2 Å². The van der Waals surface area contributed by atoms with Crippen molar-refractivity contribution in [2.75, 3.05) is 20.1 Å². The lowest BCUT2D eigenvalue weighted by Crippen LogP contribution is -2.43. The Balaban J connectivity index is 2.09. The maximum absolute atomic E-state index is 12.6. The van der Waals surface area contributed by atoms with Crippen LogP contribution in [0.1, 0.15) is 26.7 Å². The average Bonchev–Trinajstić information content (AvgIpc) is 2.47. The van der Waals surface area contributed by atoms with E-state index in [1.165, 1.54) is 0 Å². The Morgan fingerprint density at radius 3 is 2.24 bits per heavy atom. The van der Waals surface area contributed by atoms with Crippen LogP contribution in [0.15, 0.2) is 29.2 Å². The van der Waals surface area contributed by atoms with Gasteiger partial charge in [-0.1, -0.05) is 0 Å². The molecule has 0 unspecified atom stereocenters. The lowest BCUT2D eigenvalue weighted by Gasteiger charge is -2.31. The molecule has 1 aliphatic rings. The summed E-state index contributed by atoms with van der Waals surface area (Å²) in [6.07, 6.45) is 1.78. The summed E-state index contributed by atoms with van der Waals surface area (Å²) in [6.45, 7) is 5.02. The van der Waals surface area contributed by atoms with E-state index >= 15 is 0 Å². The molecule has 1 aromatic carbocycles. The number of benzene rings is 1. The third-order valence-corrected chi connectivity index (χ3v) is 5.61. The zero-order chi connectivity index (χ0) is 15.5. The Labute approximate surface area is 127 Å². The summed E-state index contributed by atoms with van der Waals surface area (Å²) >= 11 is 0. The molecule has 0 spiro atoms. The van der Waals surface area contributed by atoms with Crippen LogP contribution in [0.25, 0.3) is 0 Å². The minimum atomic E-state index is -3.39. The zero-order valence-electron chi connectivity index (χ0n) is 12.9. The van der Waals surface area contributed by atoms with E-state index in [-0.39, 0.29) is 6.10 Å². The van der Waals surface area contributed by atoms with E-state index in [0.29, 0.717) is 29.8 Å². The summed E-state index contributed by atoms with van der Waals surface area (Å²) < 4.78 is 32.3. The van der Waals surface area contributed by atoms with Gasteiger partial charge in [-0.3, -0.25) is 0 Å². The van der Waals surface area contributed by atoms with Crippen LogP contribution in [0.4, 0.5) is 0 Å². The highest BCUT2D eigenvalue weighted by molar-refractivity contribution is 7.89. The molecule has 118 valence electrons. The number of nitrogens with one attached hydrogen (secondary N) is 1. The largest absolute Gasteiger partial charge is 0.491 e. The molecule has 0 amide bonds. The van der Waals surface area contributed by atoms with Crippen LogP contribution >= 0.6 is 0 Å². The highest BCUT2D eigenvalue weighted by atomic mass is 32.2. The number of hydrogen-bond acceptors (Lipinski definition) is 4. The van der Waals surface area contributed by atoms with Crippen molar-refractivity contribution in [1.82, 2.24) is 9.62 Å². The van der Waals surface area contributed by atoms with Crippen molar-refractivity contribution >= 4 is 10.0 Å². The van der Waals surface area contributed by atoms with Gasteiger partial charge in [-0.15, -0.1) is 0 Å². The van der Waals surface area contributed by atoms with Crippen molar-refractivity contribution in [3.8, 4) is 5.75 Å². The van der Waals surface area contributed by atoms with Crippen molar-refractivity contribution in [3.63, 3.8) is 0 Å². The lowest BCUT2D eigenvalue weighted by molar-refractivity contribution is 0.242. The van der Waals surface area contributed by atoms with Gasteiger partial charge in [0.25, 0.3) is 0 Å². The molecule has 1 N–H and O–H groups in total. The van der Waals surface area contributed by atoms with E-state index in [1.54, 1.807) is 28.6 Å². The Kier molecular flexibility index (Phi) is 5.24. The third-order valence-electron chi connectivity index (χ3n) is 3.70. The first-order valence-electron chi connectivity index (χ1n) is 7.37. The van der Waals surface area contributed by atoms with Gasteiger partial charge in [-0.05, 0) is 58.0 Å². The summed E-state index contributed by atoms with van der Waals surface area (Å²) in [5.41, 5.74) is 0. The molecule has 21 heavy (non-hydrogen) atoms. The van der Waals surface area contributed by atoms with E-state index < -0.39 is 10.0 Å². The molecule has 0 atom stereocenters. The second kappa shape index (κ2) is 6.77. The number of hydrogen-bond donors (Lipinski definition) is 1. The number of piperidine rings is 1. The van der Waals surface area contributed by atoms with E-state index in [9.17, 15) is 8.42 Å². The molecule has 1 heterocycles. The van der Waals surface area contributed by atoms with Crippen LogP contribution in [-0.4, -0.2) is 45.0 Å². The Morgan fingerprint density at radius 1 is 1.19 bits per heavy atom. The molecule has 0 bridgehead atoms. The van der Waals surface area contributed by atoms with E-state index in [1.807, 2.05) is 20.9 Å². The van der Waals surface area contributed by atoms with E-state index in [0.717, 1.165) is 12.8 Å². The van der Waals surface area contributed by atoms with Gasteiger partial charge in [-0.2, -0.15) is 4.31 Å². The molecule has 2 rings (SSSR count). The van der Waals surface area contributed by atoms with Crippen LogP contribution in [-0.2, 0) is 10.0 Å². The van der Waals surface area contributed by atoms with Crippen LogP contribution in [0, 0.1) is 0 Å². The molecule has 5 nitrogen and oxygen atoms in total. The first kappa shape index (κ1) is 16.3. The van der Waals surface area contributed by atoms with Gasteiger partial charge in [0, 0.05) is 19.1 Å². The van der Waals surface area contributed by atoms with Gasteiger partial charge >= 0.3 is 0 Å². The molecule has 1 fully saturated rings. The van der Waals surface area contributed by atoms with Gasteiger partial charge in [0.15, 0.2) is 0 Å². The number of sulfonamides is 1. The van der Waals surface area contributed by atoms with Crippen LogP contribution in [0.5, 0.6) is 5.75 Å². The van der Waals surface area contributed by atoms with Gasteiger partial charge in [0.2, 0.25) is 10.0 Å². The minimum absolute atomic E-state index is 0.0769. The summed E-state index contributed by atoms with van der Waals surface area (Å²) in [5, 5.41) is 3.20. The first-order valence-corrected chi connectivity index (χ1v) is 8.81. The third kappa shape index (κ3) is 3.96. The standard InChI is InChI=1S/C15H24N2O3S/c1-12(2)20-14-4-6-15(7-5-14)21(18,19)17-10-8-13(16-3)9-11-17/h4-7,12-13,16H,8-11H2,1-3H3. The molecule has 0 aliphatic carbocycles. The number of ether oxygens (including phenoxy) is 1. The van der Waals surface area contributed by atoms with Crippen molar-refractivity contribution in [1.29, 1.82) is 0 Å². The smallest absolute Gasteiger partial charge is 0.243 e. The van der Waals surface area contributed by atoms with Gasteiger partial charge in [0.1, 0.15) is 5.75 Å². The SMILES string of the molecule is CNC1CCN(S(=O)(=O)c2ccc(OC(C)C)cc2)CC1. The molecule has 0 radical (unpaired) electrons. The fraction of sp³-hybridized carbons (Fsp3) is 0.600. The average molecular weight is 312 g/mol. The van der Waals surface area contributed by atoms with Crippen LogP contribution in [0.3, 0.4) is 0 Å². The van der Waals surface area contributed by atoms with Gasteiger partial charge in [-0.25, -0.2) is 8.42 Å². The Bertz CT molecular complexity index is 547. The van der Waals surface area contributed by atoms with Gasteiger partial charge in [0.05, 0.1) is 11.0 Å². The molecule has 6 heteroatoms. The molecule has 0 saturated carbocycles. The maximum atomic E-state index is 12.6. The highest BCUT2D eigenvalue weighted by Gasteiger charge is 2.28. The Hall–Kier alpha value is -1.11. The van der Waals surface area contributed by atoms with Crippen molar-refractivity contribution in [3.05, 3.63) is 24.3 Å². The lowest BCUT2D eigenvalue weighted by atomic mass is 10.1. The van der Waals surface area contributed by atoms with Crippen LogP contribution in [0.2, 0.25) is 0 Å². The maximum Gasteiger partial charge on any atom is 0.243 e. The van der Waals surface area contributed by atoms with Crippen molar-refractivity contribution in [2.24, 2.45) is 0 Å². The normalized spacial score (nSPS) is 18.1. The Morgan fingerprint density at radius 2 is 1.76 bits per heavy atom. The topological polar surface area (TPSA) is 58.6 Å². The molecular formula is C15H24N2O3S. The zero-order valence-corrected chi connectivity index (χ0v) is 13.7. The quantitative estimate of drug-likeness (QED) is 0.901. The van der Waals surface area contributed by atoms with E-state index in [2.05, 4.69) is 5.32 Å². The second-order valence-electron chi connectivity index (χ2n) is 5.61.